The Labute approximate surface area is 96.2 Å². The Kier molecular flexibility index (Phi) is 4.17. The Morgan fingerprint density at radius 3 is 2.31 bits per heavy atom. The molecule has 0 saturated carbocycles. The van der Waals surface area contributed by atoms with E-state index < -0.39 is 0 Å². The van der Waals surface area contributed by atoms with Gasteiger partial charge in [-0.3, -0.25) is 4.79 Å². The summed E-state index contributed by atoms with van der Waals surface area (Å²) in [4.78, 5) is 13.6. The van der Waals surface area contributed by atoms with Crippen molar-refractivity contribution in [3.8, 4) is 0 Å². The highest BCUT2D eigenvalue weighted by Crippen LogP contribution is 2.16. The molecule has 0 aliphatic heterocycles. The second kappa shape index (κ2) is 5.39. The molecular formula is C12H19N3O. The highest BCUT2D eigenvalue weighted by molar-refractivity contribution is 5.79. The van der Waals surface area contributed by atoms with Crippen molar-refractivity contribution >= 4 is 17.3 Å². The van der Waals surface area contributed by atoms with Crippen LogP contribution in [-0.2, 0) is 11.2 Å². The molecule has 1 amide bonds. The lowest BCUT2D eigenvalue weighted by atomic mass is 10.1. The molecule has 0 aliphatic carbocycles. The zero-order valence-corrected chi connectivity index (χ0v) is 9.86. The first kappa shape index (κ1) is 12.4. The van der Waals surface area contributed by atoms with Crippen LogP contribution in [0.1, 0.15) is 19.4 Å². The summed E-state index contributed by atoms with van der Waals surface area (Å²) < 4.78 is 0. The van der Waals surface area contributed by atoms with Gasteiger partial charge in [0.25, 0.3) is 0 Å². The van der Waals surface area contributed by atoms with Gasteiger partial charge in [0.05, 0.1) is 17.8 Å². The lowest BCUT2D eigenvalue weighted by Crippen LogP contribution is -2.31. The molecule has 0 bridgehead atoms. The van der Waals surface area contributed by atoms with E-state index >= 15 is 0 Å². The summed E-state index contributed by atoms with van der Waals surface area (Å²) in [5.74, 6) is 0.120. The number of nitrogens with zero attached hydrogens (tertiary/aromatic N) is 1. The van der Waals surface area contributed by atoms with E-state index in [0.717, 1.165) is 18.7 Å². The molecule has 4 heteroatoms. The minimum atomic E-state index is 0.120. The quantitative estimate of drug-likeness (QED) is 0.752. The summed E-state index contributed by atoms with van der Waals surface area (Å²) in [6, 6.07) is 5.34. The molecule has 1 aromatic rings. The summed E-state index contributed by atoms with van der Waals surface area (Å²) in [7, 11) is 0. The van der Waals surface area contributed by atoms with Gasteiger partial charge in [0, 0.05) is 13.1 Å². The SMILES string of the molecule is CCN(CC)C(=O)Cc1ccc(N)c(N)c1. The molecule has 88 valence electrons. The molecule has 1 aromatic carbocycles. The maximum absolute atomic E-state index is 11.8. The normalized spacial score (nSPS) is 10.1. The average Bonchev–Trinajstić information content (AvgIpc) is 2.25. The summed E-state index contributed by atoms with van der Waals surface area (Å²) in [5, 5.41) is 0. The number of hydrogen-bond donors (Lipinski definition) is 2. The summed E-state index contributed by atoms with van der Waals surface area (Å²) >= 11 is 0. The van der Waals surface area contributed by atoms with Gasteiger partial charge in [-0.2, -0.15) is 0 Å². The van der Waals surface area contributed by atoms with Crippen LogP contribution in [0.3, 0.4) is 0 Å². The highest BCUT2D eigenvalue weighted by Gasteiger charge is 2.10. The van der Waals surface area contributed by atoms with E-state index in [-0.39, 0.29) is 5.91 Å². The number of rotatable bonds is 4. The monoisotopic (exact) mass is 221 g/mol. The van der Waals surface area contributed by atoms with Crippen LogP contribution in [-0.4, -0.2) is 23.9 Å². The van der Waals surface area contributed by atoms with E-state index in [2.05, 4.69) is 0 Å². The number of anilines is 2. The predicted molar refractivity (Wildman–Crippen MR) is 66.9 cm³/mol. The number of carbonyl (C=O) groups is 1. The van der Waals surface area contributed by atoms with Crippen molar-refractivity contribution in [1.29, 1.82) is 0 Å². The summed E-state index contributed by atoms with van der Waals surface area (Å²) in [6.07, 6.45) is 0.381. The Balaban J connectivity index is 2.73. The van der Waals surface area contributed by atoms with Crippen LogP contribution in [0.15, 0.2) is 18.2 Å². The first-order valence-corrected chi connectivity index (χ1v) is 5.50. The average molecular weight is 221 g/mol. The zero-order chi connectivity index (χ0) is 12.1. The molecule has 0 aromatic heterocycles. The Hall–Kier alpha value is -1.71. The molecule has 0 heterocycles. The van der Waals surface area contributed by atoms with Gasteiger partial charge in [0.1, 0.15) is 0 Å². The van der Waals surface area contributed by atoms with E-state index in [0.29, 0.717) is 17.8 Å². The zero-order valence-electron chi connectivity index (χ0n) is 9.86. The molecule has 0 unspecified atom stereocenters. The summed E-state index contributed by atoms with van der Waals surface area (Å²) in [5.41, 5.74) is 13.3. The second-order valence-electron chi connectivity index (χ2n) is 3.71. The first-order chi connectivity index (χ1) is 7.58. The smallest absolute Gasteiger partial charge is 0.226 e. The second-order valence-corrected chi connectivity index (χ2v) is 3.71. The largest absolute Gasteiger partial charge is 0.397 e. The molecular weight excluding hydrogens is 202 g/mol. The third kappa shape index (κ3) is 2.89. The van der Waals surface area contributed by atoms with Gasteiger partial charge < -0.3 is 16.4 Å². The number of benzene rings is 1. The van der Waals surface area contributed by atoms with Crippen molar-refractivity contribution in [3.63, 3.8) is 0 Å². The highest BCUT2D eigenvalue weighted by atomic mass is 16.2. The van der Waals surface area contributed by atoms with Crippen molar-refractivity contribution in [2.75, 3.05) is 24.6 Å². The number of likely N-dealkylation sites (N-methyl/N-ethyl adjacent to an activating group) is 1. The molecule has 0 atom stereocenters. The number of nitrogens with two attached hydrogens (primary N) is 2. The van der Waals surface area contributed by atoms with Gasteiger partial charge in [0.15, 0.2) is 0 Å². The third-order valence-corrected chi connectivity index (χ3v) is 2.62. The van der Waals surface area contributed by atoms with E-state index in [4.69, 9.17) is 11.5 Å². The van der Waals surface area contributed by atoms with E-state index in [1.165, 1.54) is 0 Å². The standard InChI is InChI=1S/C12H19N3O/c1-3-15(4-2)12(16)8-9-5-6-10(13)11(14)7-9/h5-7H,3-4,8,13-14H2,1-2H3. The van der Waals surface area contributed by atoms with Crippen LogP contribution in [0, 0.1) is 0 Å². The molecule has 1 rings (SSSR count). The number of hydrogen-bond acceptors (Lipinski definition) is 3. The molecule has 0 spiro atoms. The van der Waals surface area contributed by atoms with Gasteiger partial charge >= 0.3 is 0 Å². The fourth-order valence-corrected chi connectivity index (χ4v) is 1.60. The fourth-order valence-electron chi connectivity index (χ4n) is 1.60. The topological polar surface area (TPSA) is 72.3 Å². The Bertz CT molecular complexity index is 373. The number of amides is 1. The van der Waals surface area contributed by atoms with Crippen molar-refractivity contribution in [2.45, 2.75) is 20.3 Å². The van der Waals surface area contributed by atoms with Gasteiger partial charge in [-0.25, -0.2) is 0 Å². The third-order valence-electron chi connectivity index (χ3n) is 2.62. The van der Waals surface area contributed by atoms with Crippen LogP contribution in [0.4, 0.5) is 11.4 Å². The molecule has 0 saturated heterocycles. The van der Waals surface area contributed by atoms with Gasteiger partial charge in [0.2, 0.25) is 5.91 Å². The molecule has 0 radical (unpaired) electrons. The van der Waals surface area contributed by atoms with Crippen LogP contribution in [0.25, 0.3) is 0 Å². The number of nitrogen functional groups attached to an aromatic ring is 2. The molecule has 4 nitrogen and oxygen atoms in total. The lowest BCUT2D eigenvalue weighted by Gasteiger charge is -2.18. The van der Waals surface area contributed by atoms with Gasteiger partial charge in [-0.05, 0) is 31.5 Å². The van der Waals surface area contributed by atoms with E-state index in [9.17, 15) is 4.79 Å². The number of carbonyl (C=O) groups excluding carboxylic acids is 1. The van der Waals surface area contributed by atoms with Gasteiger partial charge in [-0.15, -0.1) is 0 Å². The van der Waals surface area contributed by atoms with Gasteiger partial charge in [-0.1, -0.05) is 6.07 Å². The lowest BCUT2D eigenvalue weighted by molar-refractivity contribution is -0.130. The van der Waals surface area contributed by atoms with Crippen molar-refractivity contribution in [2.24, 2.45) is 0 Å². The molecule has 16 heavy (non-hydrogen) atoms. The molecule has 0 aliphatic rings. The predicted octanol–water partition coefficient (Wildman–Crippen LogP) is 1.26. The van der Waals surface area contributed by atoms with Crippen molar-refractivity contribution < 1.29 is 4.79 Å². The van der Waals surface area contributed by atoms with Crippen molar-refractivity contribution in [3.05, 3.63) is 23.8 Å². The minimum Gasteiger partial charge on any atom is -0.397 e. The van der Waals surface area contributed by atoms with Crippen LogP contribution in [0.5, 0.6) is 0 Å². The van der Waals surface area contributed by atoms with Crippen LogP contribution < -0.4 is 11.5 Å². The summed E-state index contributed by atoms with van der Waals surface area (Å²) in [6.45, 7) is 5.41. The molecule has 0 fully saturated rings. The molecule has 4 N–H and O–H groups in total. The fraction of sp³-hybridized carbons (Fsp3) is 0.417. The maximum atomic E-state index is 11.8. The minimum absolute atomic E-state index is 0.120. The first-order valence-electron chi connectivity index (χ1n) is 5.50. The van der Waals surface area contributed by atoms with Crippen molar-refractivity contribution in [1.82, 2.24) is 4.90 Å². The van der Waals surface area contributed by atoms with Crippen LogP contribution >= 0.6 is 0 Å². The Morgan fingerprint density at radius 1 is 1.19 bits per heavy atom. The Morgan fingerprint density at radius 2 is 1.81 bits per heavy atom. The van der Waals surface area contributed by atoms with E-state index in [1.54, 1.807) is 17.0 Å². The maximum Gasteiger partial charge on any atom is 0.226 e. The van der Waals surface area contributed by atoms with Crippen LogP contribution in [0.2, 0.25) is 0 Å². The van der Waals surface area contributed by atoms with E-state index in [1.807, 2.05) is 19.9 Å².